The van der Waals surface area contributed by atoms with Crippen LogP contribution in [-0.2, 0) is 0 Å². The van der Waals surface area contributed by atoms with Gasteiger partial charge in [0.1, 0.15) is 0 Å². The van der Waals surface area contributed by atoms with Crippen molar-refractivity contribution in [1.82, 2.24) is 9.88 Å². The Morgan fingerprint density at radius 1 is 1.61 bits per heavy atom. The van der Waals surface area contributed by atoms with Crippen molar-refractivity contribution in [3.05, 3.63) is 30.1 Å². The van der Waals surface area contributed by atoms with Crippen molar-refractivity contribution in [2.75, 3.05) is 19.7 Å². The van der Waals surface area contributed by atoms with Crippen molar-refractivity contribution >= 4 is 0 Å². The Morgan fingerprint density at radius 2 is 2.44 bits per heavy atom. The van der Waals surface area contributed by atoms with E-state index in [1.54, 1.807) is 6.20 Å². The predicted octanol–water partition coefficient (Wildman–Crippen LogP) is 1.17. The van der Waals surface area contributed by atoms with E-state index < -0.39 is 0 Å². The minimum atomic E-state index is 0.117. The summed E-state index contributed by atoms with van der Waals surface area (Å²) in [6, 6.07) is 4.40. The first-order chi connectivity index (χ1) is 8.76. The van der Waals surface area contributed by atoms with E-state index in [2.05, 4.69) is 22.9 Å². The van der Waals surface area contributed by atoms with Crippen LogP contribution >= 0.6 is 0 Å². The lowest BCUT2D eigenvalue weighted by atomic mass is 9.98. The first-order valence-corrected chi connectivity index (χ1v) is 6.76. The molecule has 18 heavy (non-hydrogen) atoms. The number of rotatable bonds is 5. The molecular weight excluding hydrogens is 226 g/mol. The van der Waals surface area contributed by atoms with Crippen LogP contribution in [0.1, 0.15) is 31.4 Å². The summed E-state index contributed by atoms with van der Waals surface area (Å²) in [5.74, 6) is 0.397. The van der Waals surface area contributed by atoms with Gasteiger partial charge in [-0.3, -0.25) is 9.88 Å². The van der Waals surface area contributed by atoms with Gasteiger partial charge in [-0.1, -0.05) is 13.0 Å². The van der Waals surface area contributed by atoms with Crippen LogP contribution in [-0.4, -0.2) is 40.7 Å². The van der Waals surface area contributed by atoms with Gasteiger partial charge in [-0.25, -0.2) is 0 Å². The third kappa shape index (κ3) is 2.88. The van der Waals surface area contributed by atoms with Gasteiger partial charge in [0, 0.05) is 31.6 Å². The minimum Gasteiger partial charge on any atom is -0.396 e. The van der Waals surface area contributed by atoms with E-state index in [4.69, 9.17) is 5.73 Å². The molecule has 0 radical (unpaired) electrons. The number of aliphatic hydroxyl groups excluding tert-OH is 1. The Bertz CT molecular complexity index is 357. The Morgan fingerprint density at radius 3 is 3.00 bits per heavy atom. The normalized spacial score (nSPS) is 24.1. The van der Waals surface area contributed by atoms with Gasteiger partial charge in [0.05, 0.1) is 6.04 Å². The number of hydrogen-bond donors (Lipinski definition) is 2. The number of hydrogen-bond acceptors (Lipinski definition) is 4. The lowest BCUT2D eigenvalue weighted by molar-refractivity contribution is 0.180. The zero-order valence-electron chi connectivity index (χ0n) is 11.0. The van der Waals surface area contributed by atoms with Gasteiger partial charge in [0.2, 0.25) is 0 Å². The van der Waals surface area contributed by atoms with Gasteiger partial charge < -0.3 is 10.8 Å². The van der Waals surface area contributed by atoms with Crippen molar-refractivity contribution < 1.29 is 5.11 Å². The van der Waals surface area contributed by atoms with Gasteiger partial charge in [0.15, 0.2) is 0 Å². The topological polar surface area (TPSA) is 62.4 Å². The maximum Gasteiger partial charge on any atom is 0.0514 e. The average Bonchev–Trinajstić information content (AvgIpc) is 2.88. The maximum atomic E-state index is 9.26. The van der Waals surface area contributed by atoms with E-state index >= 15 is 0 Å². The van der Waals surface area contributed by atoms with Crippen LogP contribution in [0.25, 0.3) is 0 Å². The molecule has 1 saturated heterocycles. The van der Waals surface area contributed by atoms with Gasteiger partial charge in [-0.2, -0.15) is 0 Å². The van der Waals surface area contributed by atoms with Crippen LogP contribution in [0.15, 0.2) is 24.5 Å². The van der Waals surface area contributed by atoms with E-state index in [0.717, 1.165) is 25.9 Å². The summed E-state index contributed by atoms with van der Waals surface area (Å²) < 4.78 is 0. The van der Waals surface area contributed by atoms with Gasteiger partial charge in [0.25, 0.3) is 0 Å². The first-order valence-electron chi connectivity index (χ1n) is 6.76. The van der Waals surface area contributed by atoms with Crippen LogP contribution in [0, 0.1) is 5.92 Å². The van der Waals surface area contributed by atoms with Gasteiger partial charge in [-0.05, 0) is 36.9 Å². The largest absolute Gasteiger partial charge is 0.396 e. The molecule has 0 bridgehead atoms. The highest BCUT2D eigenvalue weighted by molar-refractivity contribution is 5.17. The van der Waals surface area contributed by atoms with Crippen LogP contribution < -0.4 is 5.73 Å². The number of likely N-dealkylation sites (tertiary alicyclic amines) is 1. The zero-order valence-corrected chi connectivity index (χ0v) is 11.0. The molecule has 0 aromatic carbocycles. The summed E-state index contributed by atoms with van der Waals surface area (Å²) in [5.41, 5.74) is 7.47. The molecule has 4 heteroatoms. The Balaban J connectivity index is 2.16. The molecule has 1 fully saturated rings. The first kappa shape index (κ1) is 13.5. The molecule has 100 valence electrons. The summed E-state index contributed by atoms with van der Waals surface area (Å²) in [5, 5.41) is 9.26. The molecule has 1 aliphatic heterocycles. The van der Waals surface area contributed by atoms with Crippen molar-refractivity contribution in [1.29, 1.82) is 0 Å². The molecule has 0 amide bonds. The third-order valence-corrected chi connectivity index (χ3v) is 3.87. The fourth-order valence-corrected chi connectivity index (χ4v) is 2.77. The lowest BCUT2D eigenvalue weighted by Gasteiger charge is -2.32. The van der Waals surface area contributed by atoms with Crippen LogP contribution in [0.5, 0.6) is 0 Å². The van der Waals surface area contributed by atoms with E-state index in [0.29, 0.717) is 5.92 Å². The summed E-state index contributed by atoms with van der Waals surface area (Å²) in [4.78, 5) is 6.60. The Kier molecular flexibility index (Phi) is 4.69. The molecule has 1 aromatic rings. The second-order valence-corrected chi connectivity index (χ2v) is 5.14. The van der Waals surface area contributed by atoms with Gasteiger partial charge >= 0.3 is 0 Å². The highest BCUT2D eigenvalue weighted by atomic mass is 16.3. The second kappa shape index (κ2) is 6.27. The molecule has 1 aliphatic rings. The van der Waals surface area contributed by atoms with Crippen molar-refractivity contribution in [3.8, 4) is 0 Å². The molecule has 0 aliphatic carbocycles. The third-order valence-electron chi connectivity index (χ3n) is 3.87. The van der Waals surface area contributed by atoms with Crippen molar-refractivity contribution in [3.63, 3.8) is 0 Å². The zero-order chi connectivity index (χ0) is 13.0. The highest BCUT2D eigenvalue weighted by Crippen LogP contribution is 2.30. The van der Waals surface area contributed by atoms with Gasteiger partial charge in [-0.15, -0.1) is 0 Å². The second-order valence-electron chi connectivity index (χ2n) is 5.14. The molecule has 0 saturated carbocycles. The molecule has 2 heterocycles. The Hall–Kier alpha value is -0.970. The standard InChI is InChI=1S/C14H23N3O/c1-2-13(15)14(12-4-3-6-16-8-12)17-7-5-11(9-17)10-18/h3-4,6,8,11,13-14,18H,2,5,7,9-10,15H2,1H3. The SMILES string of the molecule is CCC(N)C(c1cccnc1)N1CCC(CO)C1. The summed E-state index contributed by atoms with van der Waals surface area (Å²) in [6.07, 6.45) is 5.70. The highest BCUT2D eigenvalue weighted by Gasteiger charge is 2.31. The molecule has 3 unspecified atom stereocenters. The molecule has 0 spiro atoms. The minimum absolute atomic E-state index is 0.117. The molecule has 1 aromatic heterocycles. The monoisotopic (exact) mass is 249 g/mol. The summed E-state index contributed by atoms with van der Waals surface area (Å²) >= 11 is 0. The molecule has 4 nitrogen and oxygen atoms in total. The van der Waals surface area contributed by atoms with E-state index in [9.17, 15) is 5.11 Å². The van der Waals surface area contributed by atoms with Crippen LogP contribution in [0.3, 0.4) is 0 Å². The molecular formula is C14H23N3O. The number of aliphatic hydroxyl groups is 1. The number of nitrogens with two attached hydrogens (primary N) is 1. The average molecular weight is 249 g/mol. The lowest BCUT2D eigenvalue weighted by Crippen LogP contribution is -2.40. The number of nitrogens with zero attached hydrogens (tertiary/aromatic N) is 2. The fourth-order valence-electron chi connectivity index (χ4n) is 2.77. The van der Waals surface area contributed by atoms with E-state index in [1.165, 1.54) is 5.56 Å². The number of pyridine rings is 1. The quantitative estimate of drug-likeness (QED) is 0.822. The Labute approximate surface area is 109 Å². The maximum absolute atomic E-state index is 9.26. The molecule has 3 N–H and O–H groups in total. The van der Waals surface area contributed by atoms with E-state index in [1.807, 2.05) is 12.3 Å². The van der Waals surface area contributed by atoms with Crippen LogP contribution in [0.2, 0.25) is 0 Å². The van der Waals surface area contributed by atoms with Crippen molar-refractivity contribution in [2.45, 2.75) is 31.8 Å². The molecule has 3 atom stereocenters. The van der Waals surface area contributed by atoms with E-state index in [-0.39, 0.29) is 18.7 Å². The summed E-state index contributed by atoms with van der Waals surface area (Å²) in [6.45, 7) is 4.34. The fraction of sp³-hybridized carbons (Fsp3) is 0.643. The summed E-state index contributed by atoms with van der Waals surface area (Å²) in [7, 11) is 0. The van der Waals surface area contributed by atoms with Crippen molar-refractivity contribution in [2.24, 2.45) is 11.7 Å². The van der Waals surface area contributed by atoms with Crippen LogP contribution in [0.4, 0.5) is 0 Å². The smallest absolute Gasteiger partial charge is 0.0514 e. The predicted molar refractivity (Wildman–Crippen MR) is 72.0 cm³/mol. The molecule has 2 rings (SSSR count). The number of aromatic nitrogens is 1.